The number of benzene rings is 2. The lowest BCUT2D eigenvalue weighted by Gasteiger charge is -2.14. The van der Waals surface area contributed by atoms with Gasteiger partial charge in [-0.3, -0.25) is 0 Å². The van der Waals surface area contributed by atoms with Crippen LogP contribution in [0.2, 0.25) is 0 Å². The van der Waals surface area contributed by atoms with Crippen LogP contribution in [0.5, 0.6) is 23.0 Å². The van der Waals surface area contributed by atoms with E-state index in [4.69, 9.17) is 18.9 Å². The second kappa shape index (κ2) is 8.81. The highest BCUT2D eigenvalue weighted by molar-refractivity contribution is 5.68. The van der Waals surface area contributed by atoms with Crippen LogP contribution < -0.4 is 29.6 Å². The molecule has 0 bridgehead atoms. The number of hydrogen-bond acceptors (Lipinski definition) is 8. The van der Waals surface area contributed by atoms with Crippen LogP contribution >= 0.6 is 0 Å². The van der Waals surface area contributed by atoms with Crippen molar-refractivity contribution in [2.45, 2.75) is 0 Å². The Hall–Kier alpha value is -3.68. The molecule has 0 aliphatic heterocycles. The van der Waals surface area contributed by atoms with Crippen LogP contribution in [0.1, 0.15) is 0 Å². The van der Waals surface area contributed by atoms with Gasteiger partial charge in [0.15, 0.2) is 0 Å². The Labute approximate surface area is 163 Å². The van der Waals surface area contributed by atoms with Crippen molar-refractivity contribution >= 4 is 23.1 Å². The van der Waals surface area contributed by atoms with E-state index in [0.717, 1.165) is 5.69 Å². The van der Waals surface area contributed by atoms with E-state index in [-0.39, 0.29) is 0 Å². The van der Waals surface area contributed by atoms with Crippen LogP contribution in [-0.4, -0.2) is 38.4 Å². The molecule has 0 atom stereocenters. The number of hydrogen-bond donors (Lipinski definition) is 2. The van der Waals surface area contributed by atoms with Gasteiger partial charge >= 0.3 is 0 Å². The molecule has 1 aromatic heterocycles. The minimum absolute atomic E-state index is 0.407. The Morgan fingerprint density at radius 2 is 1.39 bits per heavy atom. The van der Waals surface area contributed by atoms with Crippen LogP contribution in [0.25, 0.3) is 0 Å². The number of rotatable bonds is 8. The normalized spacial score (nSPS) is 10.1. The average Bonchev–Trinajstić information content (AvgIpc) is 2.74. The third-order valence-corrected chi connectivity index (χ3v) is 3.98. The van der Waals surface area contributed by atoms with Gasteiger partial charge < -0.3 is 29.6 Å². The molecule has 0 aliphatic carbocycles. The first-order valence-electron chi connectivity index (χ1n) is 8.48. The third kappa shape index (κ3) is 4.35. The summed E-state index contributed by atoms with van der Waals surface area (Å²) >= 11 is 0. The Morgan fingerprint density at radius 1 is 0.679 bits per heavy atom. The summed E-state index contributed by atoms with van der Waals surface area (Å²) in [5, 5.41) is 6.38. The van der Waals surface area contributed by atoms with Gasteiger partial charge in [0.2, 0.25) is 5.95 Å². The van der Waals surface area contributed by atoms with E-state index in [1.54, 1.807) is 46.8 Å². The molecule has 0 unspecified atom stereocenters. The summed E-state index contributed by atoms with van der Waals surface area (Å²) in [5.74, 6) is 3.70. The zero-order valence-corrected chi connectivity index (χ0v) is 16.1. The fraction of sp³-hybridized carbons (Fsp3) is 0.200. The van der Waals surface area contributed by atoms with E-state index < -0.39 is 0 Å². The molecule has 0 aliphatic rings. The van der Waals surface area contributed by atoms with Crippen LogP contribution in [0.15, 0.2) is 48.7 Å². The van der Waals surface area contributed by atoms with Crippen molar-refractivity contribution in [3.05, 3.63) is 48.7 Å². The number of aromatic nitrogens is 2. The van der Waals surface area contributed by atoms with Crippen LogP contribution in [0.4, 0.5) is 23.1 Å². The fourth-order valence-corrected chi connectivity index (χ4v) is 2.56. The molecule has 1 heterocycles. The Kier molecular flexibility index (Phi) is 6.01. The average molecular weight is 382 g/mol. The molecule has 2 N–H and O–H groups in total. The van der Waals surface area contributed by atoms with E-state index in [0.29, 0.717) is 40.5 Å². The quantitative estimate of drug-likeness (QED) is 0.605. The van der Waals surface area contributed by atoms with E-state index in [2.05, 4.69) is 20.6 Å². The third-order valence-electron chi connectivity index (χ3n) is 3.98. The van der Waals surface area contributed by atoms with Crippen molar-refractivity contribution < 1.29 is 18.9 Å². The number of nitrogens with zero attached hydrogens (tertiary/aromatic N) is 2. The highest BCUT2D eigenvalue weighted by atomic mass is 16.5. The second-order valence-corrected chi connectivity index (χ2v) is 5.65. The Bertz CT molecular complexity index is 949. The lowest BCUT2D eigenvalue weighted by Crippen LogP contribution is -2.02. The van der Waals surface area contributed by atoms with Gasteiger partial charge in [0, 0.05) is 18.3 Å². The molecule has 2 aromatic carbocycles. The molecule has 0 amide bonds. The summed E-state index contributed by atoms with van der Waals surface area (Å²) in [6.45, 7) is 0. The maximum Gasteiger partial charge on any atom is 0.229 e. The van der Waals surface area contributed by atoms with E-state index in [9.17, 15) is 0 Å². The highest BCUT2D eigenvalue weighted by Gasteiger charge is 2.09. The van der Waals surface area contributed by atoms with Gasteiger partial charge in [0.25, 0.3) is 0 Å². The van der Waals surface area contributed by atoms with Crippen molar-refractivity contribution in [1.82, 2.24) is 9.97 Å². The van der Waals surface area contributed by atoms with Crippen molar-refractivity contribution in [3.8, 4) is 23.0 Å². The first-order valence-corrected chi connectivity index (χ1v) is 8.48. The fourth-order valence-electron chi connectivity index (χ4n) is 2.56. The van der Waals surface area contributed by atoms with Gasteiger partial charge in [0.05, 0.1) is 39.8 Å². The standard InChI is InChI=1S/C20H22N4O4/c1-25-13-6-8-17(27-3)16(11-13)23-20-21-10-9-19(24-20)22-15-7-5-14(26-2)12-18(15)28-4/h5-12H,1-4H3,(H2,21,22,23,24). The predicted octanol–water partition coefficient (Wildman–Crippen LogP) is 4.00. The van der Waals surface area contributed by atoms with Crippen molar-refractivity contribution in [2.24, 2.45) is 0 Å². The highest BCUT2D eigenvalue weighted by Crippen LogP contribution is 2.32. The second-order valence-electron chi connectivity index (χ2n) is 5.65. The smallest absolute Gasteiger partial charge is 0.229 e. The Morgan fingerprint density at radius 3 is 2.11 bits per heavy atom. The molecule has 8 heteroatoms. The number of methoxy groups -OCH3 is 4. The van der Waals surface area contributed by atoms with E-state index >= 15 is 0 Å². The molecule has 0 radical (unpaired) electrons. The molecule has 0 spiro atoms. The topological polar surface area (TPSA) is 86.8 Å². The van der Waals surface area contributed by atoms with Gasteiger partial charge in [-0.15, -0.1) is 0 Å². The van der Waals surface area contributed by atoms with Gasteiger partial charge in [-0.05, 0) is 30.3 Å². The maximum atomic E-state index is 5.41. The van der Waals surface area contributed by atoms with Gasteiger partial charge in [-0.2, -0.15) is 4.98 Å². The molecule has 146 valence electrons. The molecule has 8 nitrogen and oxygen atoms in total. The molecule has 3 rings (SSSR count). The van der Waals surface area contributed by atoms with E-state index in [1.807, 2.05) is 30.3 Å². The molecule has 0 saturated carbocycles. The van der Waals surface area contributed by atoms with E-state index in [1.165, 1.54) is 0 Å². The molecular weight excluding hydrogens is 360 g/mol. The summed E-state index contributed by atoms with van der Waals surface area (Å²) in [6, 6.07) is 12.7. The van der Waals surface area contributed by atoms with Crippen molar-refractivity contribution in [1.29, 1.82) is 0 Å². The van der Waals surface area contributed by atoms with Crippen LogP contribution in [0, 0.1) is 0 Å². The lowest BCUT2D eigenvalue weighted by molar-refractivity contribution is 0.395. The monoisotopic (exact) mass is 382 g/mol. The van der Waals surface area contributed by atoms with Gasteiger partial charge in [-0.25, -0.2) is 4.98 Å². The van der Waals surface area contributed by atoms with Gasteiger partial charge in [0.1, 0.15) is 28.8 Å². The summed E-state index contributed by atoms with van der Waals surface area (Å²) in [6.07, 6.45) is 1.65. The van der Waals surface area contributed by atoms with Crippen LogP contribution in [-0.2, 0) is 0 Å². The maximum absolute atomic E-state index is 5.41. The first kappa shape index (κ1) is 19.1. The largest absolute Gasteiger partial charge is 0.497 e. The zero-order chi connectivity index (χ0) is 19.9. The summed E-state index contributed by atoms with van der Waals surface area (Å²) in [4.78, 5) is 8.76. The molecule has 3 aromatic rings. The first-order chi connectivity index (χ1) is 13.7. The minimum atomic E-state index is 0.407. The number of ether oxygens (including phenoxy) is 4. The predicted molar refractivity (Wildman–Crippen MR) is 108 cm³/mol. The van der Waals surface area contributed by atoms with Crippen molar-refractivity contribution in [2.75, 3.05) is 39.1 Å². The zero-order valence-electron chi connectivity index (χ0n) is 16.1. The van der Waals surface area contributed by atoms with Gasteiger partial charge in [-0.1, -0.05) is 0 Å². The van der Waals surface area contributed by atoms with Crippen LogP contribution in [0.3, 0.4) is 0 Å². The summed E-state index contributed by atoms with van der Waals surface area (Å²) < 4.78 is 21.3. The SMILES string of the molecule is COc1ccc(OC)c(Nc2nccc(Nc3ccc(OC)cc3OC)n2)c1. The minimum Gasteiger partial charge on any atom is -0.497 e. The summed E-state index contributed by atoms with van der Waals surface area (Å²) in [7, 11) is 6.41. The van der Waals surface area contributed by atoms with Crippen molar-refractivity contribution in [3.63, 3.8) is 0 Å². The number of anilines is 4. The summed E-state index contributed by atoms with van der Waals surface area (Å²) in [5.41, 5.74) is 1.45. The lowest BCUT2D eigenvalue weighted by atomic mass is 10.2. The molecule has 0 saturated heterocycles. The molecule has 28 heavy (non-hydrogen) atoms. The molecule has 0 fully saturated rings. The number of nitrogens with one attached hydrogen (secondary N) is 2. The molecular formula is C20H22N4O4. The Balaban J connectivity index is 1.84.